The highest BCUT2D eigenvalue weighted by Gasteiger charge is 2.36. The van der Waals surface area contributed by atoms with E-state index >= 15 is 0 Å². The van der Waals surface area contributed by atoms with Gasteiger partial charge in [-0.1, -0.05) is 0 Å². The van der Waals surface area contributed by atoms with Crippen molar-refractivity contribution in [1.82, 2.24) is 9.55 Å². The van der Waals surface area contributed by atoms with E-state index in [0.717, 1.165) is 46.0 Å². The Kier molecular flexibility index (Phi) is 3.47. The van der Waals surface area contributed by atoms with Crippen LogP contribution in [0.5, 0.6) is 0 Å². The highest BCUT2D eigenvalue weighted by Crippen LogP contribution is 2.48. The molecule has 1 aromatic carbocycles. The van der Waals surface area contributed by atoms with Crippen molar-refractivity contribution < 1.29 is 18.0 Å². The second-order valence-corrected chi connectivity index (χ2v) is 7.73. The lowest BCUT2D eigenvalue weighted by Crippen LogP contribution is -2.09. The fraction of sp³-hybridized carbons (Fsp3) is 0.263. The number of benzene rings is 1. The zero-order valence-electron chi connectivity index (χ0n) is 13.9. The molecule has 1 aliphatic heterocycles. The van der Waals surface area contributed by atoms with Crippen LogP contribution in [0.25, 0.3) is 16.7 Å². The predicted molar refractivity (Wildman–Crippen MR) is 98.1 cm³/mol. The highest BCUT2D eigenvalue weighted by atomic mass is 79.9. The Bertz CT molecular complexity index is 1120. The Balaban J connectivity index is 1.78. The molecule has 2 aromatic heterocycles. The van der Waals surface area contributed by atoms with Crippen molar-refractivity contribution in [2.75, 3.05) is 5.32 Å². The third-order valence-corrected chi connectivity index (χ3v) is 5.85. The fourth-order valence-electron chi connectivity index (χ4n) is 3.63. The maximum atomic E-state index is 13.2. The van der Waals surface area contributed by atoms with E-state index in [0.29, 0.717) is 5.39 Å². The number of hydrogen-bond donors (Lipinski definition) is 1. The molecular weight excluding hydrogens is 423 g/mol. The van der Waals surface area contributed by atoms with Crippen LogP contribution < -0.4 is 5.32 Å². The molecule has 27 heavy (non-hydrogen) atoms. The summed E-state index contributed by atoms with van der Waals surface area (Å²) in [6, 6.07) is 7.94. The number of pyridine rings is 1. The van der Waals surface area contributed by atoms with Crippen molar-refractivity contribution in [3.8, 4) is 5.69 Å². The van der Waals surface area contributed by atoms with Gasteiger partial charge in [-0.2, -0.15) is 13.2 Å². The molecule has 1 fully saturated rings. The lowest BCUT2D eigenvalue weighted by molar-refractivity contribution is -0.141. The van der Waals surface area contributed by atoms with E-state index in [1.54, 1.807) is 10.6 Å². The van der Waals surface area contributed by atoms with Gasteiger partial charge in [0.15, 0.2) is 0 Å². The molecule has 0 bridgehead atoms. The Hall–Kier alpha value is -2.35. The average Bonchev–Trinajstić information content (AvgIpc) is 3.31. The summed E-state index contributed by atoms with van der Waals surface area (Å²) in [7, 11) is 0. The lowest BCUT2D eigenvalue weighted by Gasteiger charge is -2.12. The van der Waals surface area contributed by atoms with Crippen LogP contribution in [0.2, 0.25) is 0 Å². The molecule has 0 spiro atoms. The van der Waals surface area contributed by atoms with Crippen LogP contribution in [0.3, 0.4) is 0 Å². The van der Waals surface area contributed by atoms with Crippen molar-refractivity contribution in [3.63, 3.8) is 0 Å². The van der Waals surface area contributed by atoms with E-state index in [1.165, 1.54) is 6.07 Å². The molecule has 1 N–H and O–H groups in total. The van der Waals surface area contributed by atoms with Crippen molar-refractivity contribution >= 4 is 38.6 Å². The van der Waals surface area contributed by atoms with Crippen molar-refractivity contribution in [2.45, 2.75) is 31.4 Å². The van der Waals surface area contributed by atoms with Crippen molar-refractivity contribution in [2.24, 2.45) is 0 Å². The summed E-state index contributed by atoms with van der Waals surface area (Å²) >= 11 is 3.58. The molecule has 3 heterocycles. The van der Waals surface area contributed by atoms with Gasteiger partial charge >= 0.3 is 6.18 Å². The van der Waals surface area contributed by atoms with Gasteiger partial charge in [0.1, 0.15) is 11.3 Å². The van der Waals surface area contributed by atoms with Crippen LogP contribution in [0.1, 0.15) is 35.7 Å². The molecule has 1 saturated carbocycles. The van der Waals surface area contributed by atoms with Gasteiger partial charge in [-0.25, -0.2) is 4.98 Å². The number of alkyl halides is 3. The first-order chi connectivity index (χ1) is 12.8. The SMILES string of the molecule is O=C1Cc2cc(-n3c(C4CC4)c(Br)c4ccc(C(F)(F)F)nc43)ccc2N1. The van der Waals surface area contributed by atoms with Crippen molar-refractivity contribution in [3.05, 3.63) is 51.8 Å². The molecule has 0 radical (unpaired) electrons. The summed E-state index contributed by atoms with van der Waals surface area (Å²) in [5.41, 5.74) is 2.60. The molecule has 0 atom stereocenters. The molecule has 4 nitrogen and oxygen atoms in total. The van der Waals surface area contributed by atoms with E-state index in [1.807, 2.05) is 12.1 Å². The molecule has 1 amide bonds. The van der Waals surface area contributed by atoms with Crippen LogP contribution >= 0.6 is 15.9 Å². The zero-order chi connectivity index (χ0) is 18.9. The molecule has 2 aliphatic rings. The molecule has 138 valence electrons. The summed E-state index contributed by atoms with van der Waals surface area (Å²) in [6.45, 7) is 0. The van der Waals surface area contributed by atoms with E-state index < -0.39 is 11.9 Å². The van der Waals surface area contributed by atoms with E-state index in [-0.39, 0.29) is 23.9 Å². The van der Waals surface area contributed by atoms with Crippen LogP contribution in [0.15, 0.2) is 34.8 Å². The van der Waals surface area contributed by atoms with Gasteiger partial charge in [0.25, 0.3) is 0 Å². The Morgan fingerprint density at radius 2 is 1.96 bits per heavy atom. The Labute approximate surface area is 160 Å². The van der Waals surface area contributed by atoms with Crippen molar-refractivity contribution in [1.29, 1.82) is 0 Å². The first-order valence-electron chi connectivity index (χ1n) is 8.54. The summed E-state index contributed by atoms with van der Waals surface area (Å²) in [5.74, 6) is 0.205. The topological polar surface area (TPSA) is 46.9 Å². The third kappa shape index (κ3) is 2.65. The van der Waals surface area contributed by atoms with E-state index in [9.17, 15) is 18.0 Å². The number of amides is 1. The maximum absolute atomic E-state index is 13.2. The van der Waals surface area contributed by atoms with Crippen LogP contribution in [-0.4, -0.2) is 15.5 Å². The minimum atomic E-state index is -4.51. The normalized spacial score (nSPS) is 16.7. The summed E-state index contributed by atoms with van der Waals surface area (Å²) in [6.07, 6.45) is -2.26. The quantitative estimate of drug-likeness (QED) is 0.602. The largest absolute Gasteiger partial charge is 0.433 e. The molecule has 0 unspecified atom stereocenters. The molecule has 1 aliphatic carbocycles. The lowest BCUT2D eigenvalue weighted by atomic mass is 10.1. The monoisotopic (exact) mass is 435 g/mol. The number of nitrogens with one attached hydrogen (secondary N) is 1. The minimum absolute atomic E-state index is 0.0828. The molecule has 3 aromatic rings. The summed E-state index contributed by atoms with van der Waals surface area (Å²) in [5, 5.41) is 3.43. The number of fused-ring (bicyclic) bond motifs is 2. The maximum Gasteiger partial charge on any atom is 0.433 e. The molecular formula is C19H13BrF3N3O. The molecule has 8 heteroatoms. The first kappa shape index (κ1) is 16.8. The first-order valence-corrected chi connectivity index (χ1v) is 9.33. The smallest absolute Gasteiger partial charge is 0.326 e. The highest BCUT2D eigenvalue weighted by molar-refractivity contribution is 9.10. The fourth-order valence-corrected chi connectivity index (χ4v) is 4.44. The second kappa shape index (κ2) is 5.58. The van der Waals surface area contributed by atoms with Gasteiger partial charge in [-0.15, -0.1) is 0 Å². The third-order valence-electron chi connectivity index (χ3n) is 5.02. The van der Waals surface area contributed by atoms with Gasteiger partial charge < -0.3 is 5.32 Å². The number of anilines is 1. The number of hydrogen-bond acceptors (Lipinski definition) is 2. The second-order valence-electron chi connectivity index (χ2n) is 6.94. The van der Waals surface area contributed by atoms with Crippen LogP contribution in [-0.2, 0) is 17.4 Å². The van der Waals surface area contributed by atoms with Crippen LogP contribution in [0.4, 0.5) is 18.9 Å². The Morgan fingerprint density at radius 1 is 1.19 bits per heavy atom. The van der Waals surface area contributed by atoms with E-state index in [4.69, 9.17) is 0 Å². The number of carbonyl (C=O) groups is 1. The van der Waals surface area contributed by atoms with Gasteiger partial charge in [-0.3, -0.25) is 9.36 Å². The molecule has 5 rings (SSSR count). The molecule has 0 saturated heterocycles. The van der Waals surface area contributed by atoms with Gasteiger partial charge in [0, 0.05) is 32.8 Å². The standard InChI is InChI=1S/C19H13BrF3N3O/c20-16-12-4-6-14(19(21,22)23)25-18(12)26(17(16)9-1-2-9)11-3-5-13-10(7-11)8-15(27)24-13/h3-7,9H,1-2,8H2,(H,24,27). The van der Waals surface area contributed by atoms with Crippen LogP contribution in [0, 0.1) is 0 Å². The summed E-state index contributed by atoms with van der Waals surface area (Å²) < 4.78 is 42.3. The van der Waals surface area contributed by atoms with E-state index in [2.05, 4.69) is 26.2 Å². The number of aromatic nitrogens is 2. The summed E-state index contributed by atoms with van der Waals surface area (Å²) in [4.78, 5) is 15.6. The number of rotatable bonds is 2. The van der Waals surface area contributed by atoms with Gasteiger partial charge in [0.2, 0.25) is 5.91 Å². The van der Waals surface area contributed by atoms with Gasteiger partial charge in [-0.05, 0) is 64.7 Å². The predicted octanol–water partition coefficient (Wildman–Crippen LogP) is 5.18. The number of nitrogens with zero attached hydrogens (tertiary/aromatic N) is 2. The minimum Gasteiger partial charge on any atom is -0.326 e. The number of halogens is 4. The van der Waals surface area contributed by atoms with Gasteiger partial charge in [0.05, 0.1) is 6.42 Å². The number of carbonyl (C=O) groups excluding carboxylic acids is 1. The average molecular weight is 436 g/mol. The zero-order valence-corrected chi connectivity index (χ0v) is 15.5. The Morgan fingerprint density at radius 3 is 2.67 bits per heavy atom.